The first-order valence-corrected chi connectivity index (χ1v) is 4.74. The summed E-state index contributed by atoms with van der Waals surface area (Å²) in [5, 5.41) is 0. The Hall–Kier alpha value is 1.38. The van der Waals surface area contributed by atoms with Crippen molar-refractivity contribution in [1.29, 1.82) is 0 Å². The third-order valence-corrected chi connectivity index (χ3v) is 1.20. The highest BCUT2D eigenvalue weighted by Gasteiger charge is 1.78. The van der Waals surface area contributed by atoms with Crippen molar-refractivity contribution in [3.05, 3.63) is 0 Å². The minimum atomic E-state index is 0.422. The van der Waals surface area contributed by atoms with Gasteiger partial charge in [0.25, 0.3) is 0 Å². The lowest BCUT2D eigenvalue weighted by atomic mass is 11.4. The monoisotopic (exact) mass is 328 g/mol. The molecule has 0 aliphatic heterocycles. The van der Waals surface area contributed by atoms with E-state index in [9.17, 15) is 0 Å². The van der Waals surface area contributed by atoms with E-state index in [0.29, 0.717) is 16.0 Å². The number of halogens is 2. The van der Waals surface area contributed by atoms with Crippen molar-refractivity contribution >= 4 is 45.2 Å². The zero-order valence-corrected chi connectivity index (χ0v) is 8.01. The third-order valence-electron chi connectivity index (χ3n) is 0.321. The van der Waals surface area contributed by atoms with E-state index in [1.807, 2.05) is 0 Å². The molecule has 0 heterocycles. The molecule has 7 heavy (non-hydrogen) atoms. The van der Waals surface area contributed by atoms with Crippen LogP contribution in [0, 0.1) is 0 Å². The SMILES string of the molecule is ICOCOCI. The summed E-state index contributed by atoms with van der Waals surface area (Å²) in [6, 6.07) is 0. The summed E-state index contributed by atoms with van der Waals surface area (Å²) in [5.74, 6) is 0. The normalized spacial score (nSPS) is 9.43. The van der Waals surface area contributed by atoms with Gasteiger partial charge in [-0.1, -0.05) is 45.2 Å². The minimum Gasteiger partial charge on any atom is -0.345 e. The summed E-state index contributed by atoms with van der Waals surface area (Å²) in [6.45, 7) is 0.422. The van der Waals surface area contributed by atoms with Gasteiger partial charge >= 0.3 is 0 Å². The Bertz CT molecular complexity index is 30.1. The number of ether oxygens (including phenoxy) is 2. The third kappa shape index (κ3) is 7.38. The van der Waals surface area contributed by atoms with Crippen molar-refractivity contribution < 1.29 is 9.47 Å². The Morgan fingerprint density at radius 1 is 1.00 bits per heavy atom. The summed E-state index contributed by atoms with van der Waals surface area (Å²) in [5.41, 5.74) is 0. The van der Waals surface area contributed by atoms with Crippen molar-refractivity contribution in [2.45, 2.75) is 0 Å². The molecule has 0 aliphatic carbocycles. The molecule has 0 fully saturated rings. The summed E-state index contributed by atoms with van der Waals surface area (Å²) >= 11 is 4.24. The van der Waals surface area contributed by atoms with Crippen molar-refractivity contribution in [3.8, 4) is 0 Å². The van der Waals surface area contributed by atoms with Gasteiger partial charge in [-0.2, -0.15) is 0 Å². The summed E-state index contributed by atoms with van der Waals surface area (Å²) < 4.78 is 11.1. The van der Waals surface area contributed by atoms with Crippen LogP contribution in [0.25, 0.3) is 0 Å². The van der Waals surface area contributed by atoms with E-state index in [4.69, 9.17) is 9.47 Å². The lowest BCUT2D eigenvalue weighted by Crippen LogP contribution is -1.94. The summed E-state index contributed by atoms with van der Waals surface area (Å²) in [6.07, 6.45) is 0. The van der Waals surface area contributed by atoms with Crippen LogP contribution in [0.15, 0.2) is 0 Å². The number of alkyl halides is 2. The molecule has 0 aliphatic rings. The molecule has 0 unspecified atom stereocenters. The molecular formula is C3H6I2O2. The first-order chi connectivity index (χ1) is 3.41. The van der Waals surface area contributed by atoms with Crippen LogP contribution in [0.1, 0.15) is 0 Å². The molecule has 0 N–H and O–H groups in total. The molecule has 2 nitrogen and oxygen atoms in total. The molecule has 0 saturated heterocycles. The molecule has 0 saturated carbocycles. The lowest BCUT2D eigenvalue weighted by molar-refractivity contribution is -0.00956. The van der Waals surface area contributed by atoms with Gasteiger partial charge in [-0.15, -0.1) is 0 Å². The van der Waals surface area contributed by atoms with Gasteiger partial charge in [-0.3, -0.25) is 0 Å². The van der Waals surface area contributed by atoms with E-state index in [1.54, 1.807) is 0 Å². The molecule has 0 aromatic carbocycles. The number of hydrogen-bond donors (Lipinski definition) is 0. The Labute approximate surface area is 70.2 Å². The van der Waals surface area contributed by atoms with Crippen LogP contribution in [-0.4, -0.2) is 16.0 Å². The Balaban J connectivity index is 2.45. The molecule has 0 rings (SSSR count). The van der Waals surface area contributed by atoms with E-state index in [-0.39, 0.29) is 0 Å². The quantitative estimate of drug-likeness (QED) is 0.339. The maximum absolute atomic E-state index is 4.83. The fourth-order valence-corrected chi connectivity index (χ4v) is 0.482. The van der Waals surface area contributed by atoms with Crippen LogP contribution in [0.4, 0.5) is 0 Å². The molecule has 0 aromatic rings. The van der Waals surface area contributed by atoms with Crippen LogP contribution >= 0.6 is 45.2 Å². The molecular weight excluding hydrogens is 322 g/mol. The van der Waals surface area contributed by atoms with Crippen LogP contribution < -0.4 is 0 Å². The van der Waals surface area contributed by atoms with Gasteiger partial charge < -0.3 is 9.47 Å². The van der Waals surface area contributed by atoms with Gasteiger partial charge in [0.15, 0.2) is 0 Å². The highest BCUT2D eigenvalue weighted by molar-refractivity contribution is 14.1. The van der Waals surface area contributed by atoms with Gasteiger partial charge in [0, 0.05) is 0 Å². The van der Waals surface area contributed by atoms with E-state index in [1.165, 1.54) is 0 Å². The largest absolute Gasteiger partial charge is 0.345 e. The van der Waals surface area contributed by atoms with Crippen molar-refractivity contribution in [2.75, 3.05) is 16.0 Å². The smallest absolute Gasteiger partial charge is 0.148 e. The highest BCUT2D eigenvalue weighted by atomic mass is 127. The van der Waals surface area contributed by atoms with Gasteiger partial charge in [-0.05, 0) is 0 Å². The van der Waals surface area contributed by atoms with Gasteiger partial charge in [0.2, 0.25) is 0 Å². The van der Waals surface area contributed by atoms with E-state index >= 15 is 0 Å². The average molecular weight is 328 g/mol. The molecule has 44 valence electrons. The van der Waals surface area contributed by atoms with Crippen LogP contribution in [0.3, 0.4) is 0 Å². The molecule has 0 radical (unpaired) electrons. The van der Waals surface area contributed by atoms with Crippen LogP contribution in [0.5, 0.6) is 0 Å². The molecule has 0 spiro atoms. The maximum Gasteiger partial charge on any atom is 0.148 e. The fraction of sp³-hybridized carbons (Fsp3) is 1.00. The molecule has 0 aromatic heterocycles. The maximum atomic E-state index is 4.83. The van der Waals surface area contributed by atoms with Crippen molar-refractivity contribution in [2.24, 2.45) is 0 Å². The van der Waals surface area contributed by atoms with Crippen LogP contribution in [0.2, 0.25) is 0 Å². The second-order valence-corrected chi connectivity index (χ2v) is 1.99. The molecule has 4 heteroatoms. The highest BCUT2D eigenvalue weighted by Crippen LogP contribution is 1.87. The molecule has 0 bridgehead atoms. The first-order valence-electron chi connectivity index (χ1n) is 1.69. The second kappa shape index (κ2) is 7.38. The predicted molar refractivity (Wildman–Crippen MR) is 44.8 cm³/mol. The Morgan fingerprint density at radius 2 is 1.43 bits per heavy atom. The van der Waals surface area contributed by atoms with E-state index in [0.717, 1.165) is 0 Å². The van der Waals surface area contributed by atoms with Gasteiger partial charge in [-0.25, -0.2) is 0 Å². The number of hydrogen-bond acceptors (Lipinski definition) is 2. The standard InChI is InChI=1S/C3H6I2O2/c4-1-6-3-7-2-5/h1-3H2. The zero-order valence-electron chi connectivity index (χ0n) is 3.69. The first kappa shape index (κ1) is 8.38. The zero-order chi connectivity index (χ0) is 5.54. The van der Waals surface area contributed by atoms with Crippen molar-refractivity contribution in [1.82, 2.24) is 0 Å². The van der Waals surface area contributed by atoms with E-state index < -0.39 is 0 Å². The van der Waals surface area contributed by atoms with Crippen molar-refractivity contribution in [3.63, 3.8) is 0 Å². The second-order valence-electron chi connectivity index (χ2n) is 0.744. The Kier molecular flexibility index (Phi) is 8.83. The average Bonchev–Trinajstić information content (AvgIpc) is 1.69. The summed E-state index contributed by atoms with van der Waals surface area (Å²) in [7, 11) is 0. The molecule has 0 amide bonds. The van der Waals surface area contributed by atoms with Crippen LogP contribution in [-0.2, 0) is 9.47 Å². The molecule has 0 atom stereocenters. The minimum absolute atomic E-state index is 0.422. The van der Waals surface area contributed by atoms with E-state index in [2.05, 4.69) is 45.2 Å². The van der Waals surface area contributed by atoms with Gasteiger partial charge in [0.1, 0.15) is 16.0 Å². The van der Waals surface area contributed by atoms with Gasteiger partial charge in [0.05, 0.1) is 0 Å². The Morgan fingerprint density at radius 3 is 1.71 bits per heavy atom. The lowest BCUT2D eigenvalue weighted by Gasteiger charge is -1.95. The summed E-state index contributed by atoms with van der Waals surface area (Å²) in [4.78, 5) is 0. The fourth-order valence-electron chi connectivity index (χ4n) is 0.122. The number of rotatable bonds is 4. The topological polar surface area (TPSA) is 18.5 Å². The predicted octanol–water partition coefficient (Wildman–Crippen LogP) is 1.76.